The van der Waals surface area contributed by atoms with E-state index in [0.29, 0.717) is 13.0 Å². The van der Waals surface area contributed by atoms with E-state index < -0.39 is 25.1 Å². The first-order valence-electron chi connectivity index (χ1n) is 6.06. The summed E-state index contributed by atoms with van der Waals surface area (Å²) < 4.78 is 48.5. The molecule has 8 heteroatoms. The molecular weight excluding hydrogens is 278 g/mol. The van der Waals surface area contributed by atoms with Crippen molar-refractivity contribution in [3.63, 3.8) is 0 Å². The molecule has 1 rings (SSSR count). The average Bonchev–Trinajstić information content (AvgIpc) is 2.65. The van der Waals surface area contributed by atoms with Crippen molar-refractivity contribution in [2.75, 3.05) is 24.7 Å². The van der Waals surface area contributed by atoms with Crippen LogP contribution in [0.25, 0.3) is 0 Å². The Labute approximate surface area is 109 Å². The molecule has 0 aliphatic carbocycles. The van der Waals surface area contributed by atoms with Crippen molar-refractivity contribution in [2.45, 2.75) is 31.4 Å². The first-order chi connectivity index (χ1) is 8.27. The van der Waals surface area contributed by atoms with Gasteiger partial charge in [0.1, 0.15) is 0 Å². The Morgan fingerprint density at radius 1 is 1.44 bits per heavy atom. The third-order valence-corrected chi connectivity index (χ3v) is 6.98. The number of nitrogens with one attached hydrogen (secondary N) is 1. The molecule has 0 saturated carbocycles. The molecule has 0 amide bonds. The van der Waals surface area contributed by atoms with Crippen LogP contribution in [0.3, 0.4) is 0 Å². The fourth-order valence-electron chi connectivity index (χ4n) is 1.88. The van der Waals surface area contributed by atoms with Crippen molar-refractivity contribution < 1.29 is 21.9 Å². The number of sulfonamides is 1. The van der Waals surface area contributed by atoms with E-state index in [1.54, 1.807) is 0 Å². The van der Waals surface area contributed by atoms with Crippen LogP contribution in [0.5, 0.6) is 0 Å². The van der Waals surface area contributed by atoms with Crippen LogP contribution in [0.2, 0.25) is 0 Å². The maximum absolute atomic E-state index is 11.8. The van der Waals surface area contributed by atoms with Crippen LogP contribution in [0.4, 0.5) is 0 Å². The van der Waals surface area contributed by atoms with Gasteiger partial charge in [-0.1, -0.05) is 6.92 Å². The van der Waals surface area contributed by atoms with Gasteiger partial charge in [-0.2, -0.15) is 0 Å². The lowest BCUT2D eigenvalue weighted by Gasteiger charge is -2.12. The monoisotopic (exact) mass is 299 g/mol. The molecule has 0 aromatic carbocycles. The number of rotatable bonds is 7. The molecule has 2 unspecified atom stereocenters. The van der Waals surface area contributed by atoms with Gasteiger partial charge < -0.3 is 5.11 Å². The first-order valence-corrected chi connectivity index (χ1v) is 9.43. The highest BCUT2D eigenvalue weighted by molar-refractivity contribution is 7.95. The van der Waals surface area contributed by atoms with Crippen molar-refractivity contribution in [3.05, 3.63) is 0 Å². The van der Waals surface area contributed by atoms with Gasteiger partial charge in [-0.15, -0.1) is 0 Å². The Morgan fingerprint density at radius 2 is 2.11 bits per heavy atom. The summed E-state index contributed by atoms with van der Waals surface area (Å²) in [6, 6.07) is 0. The van der Waals surface area contributed by atoms with E-state index in [1.165, 1.54) is 0 Å². The third kappa shape index (κ3) is 4.83. The summed E-state index contributed by atoms with van der Waals surface area (Å²) in [6.45, 7) is 2.27. The normalized spacial score (nSPS) is 25.1. The molecule has 0 aromatic heterocycles. The Hall–Kier alpha value is -0.180. The Morgan fingerprint density at radius 3 is 2.61 bits per heavy atom. The van der Waals surface area contributed by atoms with Gasteiger partial charge in [0, 0.05) is 13.2 Å². The highest BCUT2D eigenvalue weighted by Crippen LogP contribution is 2.18. The molecule has 1 aliphatic rings. The summed E-state index contributed by atoms with van der Waals surface area (Å²) in [4.78, 5) is 0. The van der Waals surface area contributed by atoms with Gasteiger partial charge in [-0.3, -0.25) is 0 Å². The largest absolute Gasteiger partial charge is 0.396 e. The number of sulfone groups is 1. The molecule has 0 spiro atoms. The summed E-state index contributed by atoms with van der Waals surface area (Å²) in [5, 5.41) is 8.01. The van der Waals surface area contributed by atoms with E-state index in [-0.39, 0.29) is 30.5 Å². The summed E-state index contributed by atoms with van der Waals surface area (Å²) in [5.74, 6) is -0.156. The Bertz CT molecular complexity index is 457. The second kappa shape index (κ2) is 6.31. The molecule has 1 heterocycles. The lowest BCUT2D eigenvalue weighted by Crippen LogP contribution is -2.35. The van der Waals surface area contributed by atoms with Crippen molar-refractivity contribution in [3.8, 4) is 0 Å². The van der Waals surface area contributed by atoms with Crippen molar-refractivity contribution in [1.29, 1.82) is 0 Å². The lowest BCUT2D eigenvalue weighted by atomic mass is 10.1. The summed E-state index contributed by atoms with van der Waals surface area (Å²) >= 11 is 0. The van der Waals surface area contributed by atoms with E-state index in [0.717, 1.165) is 6.42 Å². The predicted molar refractivity (Wildman–Crippen MR) is 69.5 cm³/mol. The van der Waals surface area contributed by atoms with E-state index in [1.807, 2.05) is 6.92 Å². The van der Waals surface area contributed by atoms with Crippen LogP contribution in [-0.4, -0.2) is 51.8 Å². The van der Waals surface area contributed by atoms with Gasteiger partial charge in [0.05, 0.1) is 16.8 Å². The quantitative estimate of drug-likeness (QED) is 0.617. The standard InChI is InChI=1S/C10H21NO5S2/c1-9(7-12)3-2-5-11-18(15,16)10-4-6-17(13,14)8-10/h9-12H,2-8H2,1H3. The lowest BCUT2D eigenvalue weighted by molar-refractivity contribution is 0.228. The SMILES string of the molecule is CC(CO)CCCNS(=O)(=O)C1CCS(=O)(=O)C1. The fraction of sp³-hybridized carbons (Fsp3) is 1.00. The summed E-state index contributed by atoms with van der Waals surface area (Å²) in [6.07, 6.45) is 1.56. The highest BCUT2D eigenvalue weighted by atomic mass is 32.2. The van der Waals surface area contributed by atoms with Gasteiger partial charge in [0.25, 0.3) is 0 Å². The molecule has 6 nitrogen and oxygen atoms in total. The molecule has 0 aromatic rings. The van der Waals surface area contributed by atoms with E-state index >= 15 is 0 Å². The second-order valence-corrected chi connectivity index (χ2v) is 9.17. The molecule has 2 atom stereocenters. The Kier molecular flexibility index (Phi) is 5.57. The Balaban J connectivity index is 2.37. The van der Waals surface area contributed by atoms with Gasteiger partial charge in [-0.05, 0) is 25.2 Å². The predicted octanol–water partition coefficient (Wildman–Crippen LogP) is -0.498. The minimum atomic E-state index is -3.53. The molecule has 108 valence electrons. The molecule has 0 bridgehead atoms. The molecule has 2 N–H and O–H groups in total. The second-order valence-electron chi connectivity index (χ2n) is 4.89. The summed E-state index contributed by atoms with van der Waals surface area (Å²) in [5.41, 5.74) is 0. The summed E-state index contributed by atoms with van der Waals surface area (Å²) in [7, 11) is -6.71. The molecular formula is C10H21NO5S2. The topological polar surface area (TPSA) is 101 Å². The molecule has 1 fully saturated rings. The zero-order valence-electron chi connectivity index (χ0n) is 10.5. The van der Waals surface area contributed by atoms with Crippen LogP contribution >= 0.6 is 0 Å². The minimum Gasteiger partial charge on any atom is -0.396 e. The number of aliphatic hydroxyl groups excluding tert-OH is 1. The van der Waals surface area contributed by atoms with Crippen LogP contribution < -0.4 is 4.72 Å². The molecule has 18 heavy (non-hydrogen) atoms. The number of hydrogen-bond donors (Lipinski definition) is 2. The maximum Gasteiger partial charge on any atom is 0.215 e. The average molecular weight is 299 g/mol. The zero-order valence-corrected chi connectivity index (χ0v) is 12.1. The van der Waals surface area contributed by atoms with Crippen LogP contribution in [-0.2, 0) is 19.9 Å². The molecule has 1 aliphatic heterocycles. The third-order valence-electron chi connectivity index (χ3n) is 3.12. The number of aliphatic hydroxyl groups is 1. The van der Waals surface area contributed by atoms with Gasteiger partial charge >= 0.3 is 0 Å². The van der Waals surface area contributed by atoms with Crippen LogP contribution in [0, 0.1) is 5.92 Å². The molecule has 0 radical (unpaired) electrons. The van der Waals surface area contributed by atoms with E-state index in [9.17, 15) is 16.8 Å². The van der Waals surface area contributed by atoms with Gasteiger partial charge in [0.15, 0.2) is 9.84 Å². The molecule has 1 saturated heterocycles. The van der Waals surface area contributed by atoms with E-state index in [2.05, 4.69) is 4.72 Å². The van der Waals surface area contributed by atoms with Crippen molar-refractivity contribution in [2.24, 2.45) is 5.92 Å². The van der Waals surface area contributed by atoms with Crippen LogP contribution in [0.1, 0.15) is 26.2 Å². The van der Waals surface area contributed by atoms with E-state index in [4.69, 9.17) is 5.11 Å². The minimum absolute atomic E-state index is 0.0415. The maximum atomic E-state index is 11.8. The van der Waals surface area contributed by atoms with Crippen molar-refractivity contribution in [1.82, 2.24) is 4.72 Å². The van der Waals surface area contributed by atoms with Crippen LogP contribution in [0.15, 0.2) is 0 Å². The number of hydrogen-bond acceptors (Lipinski definition) is 5. The fourth-order valence-corrected chi connectivity index (χ4v) is 6.00. The van der Waals surface area contributed by atoms with Crippen molar-refractivity contribution >= 4 is 19.9 Å². The van der Waals surface area contributed by atoms with Gasteiger partial charge in [0.2, 0.25) is 10.0 Å². The smallest absolute Gasteiger partial charge is 0.215 e. The van der Waals surface area contributed by atoms with Gasteiger partial charge in [-0.25, -0.2) is 21.6 Å². The highest BCUT2D eigenvalue weighted by Gasteiger charge is 2.36. The first kappa shape index (κ1) is 15.9. The zero-order chi connectivity index (χ0) is 13.8.